The zero-order valence-electron chi connectivity index (χ0n) is 9.81. The summed E-state index contributed by atoms with van der Waals surface area (Å²) in [5, 5.41) is 0. The Morgan fingerprint density at radius 3 is 2.69 bits per heavy atom. The third-order valence-electron chi connectivity index (χ3n) is 3.17. The van der Waals surface area contributed by atoms with Crippen molar-refractivity contribution >= 4 is 11.6 Å². The molecule has 1 aliphatic heterocycles. The van der Waals surface area contributed by atoms with Gasteiger partial charge >= 0.3 is 0 Å². The van der Waals surface area contributed by atoms with Crippen LogP contribution in [0.4, 0.5) is 11.6 Å². The predicted molar refractivity (Wildman–Crippen MR) is 63.4 cm³/mol. The van der Waals surface area contributed by atoms with Crippen LogP contribution >= 0.6 is 0 Å². The highest BCUT2D eigenvalue weighted by molar-refractivity contribution is 5.55. The maximum atomic E-state index is 5.78. The van der Waals surface area contributed by atoms with E-state index in [1.165, 1.54) is 6.33 Å². The molecule has 0 aromatic carbocycles. The van der Waals surface area contributed by atoms with Crippen LogP contribution in [-0.4, -0.2) is 36.3 Å². The summed E-state index contributed by atoms with van der Waals surface area (Å²) in [6.07, 6.45) is 4.00. The summed E-state index contributed by atoms with van der Waals surface area (Å²) in [6, 6.07) is 0. The van der Waals surface area contributed by atoms with E-state index in [1.54, 1.807) is 7.11 Å². The average molecular weight is 222 g/mol. The van der Waals surface area contributed by atoms with Crippen molar-refractivity contribution in [2.45, 2.75) is 25.9 Å². The smallest absolute Gasteiger partial charge is 0.137 e. The molecule has 1 aliphatic rings. The van der Waals surface area contributed by atoms with Crippen LogP contribution in [0.25, 0.3) is 0 Å². The summed E-state index contributed by atoms with van der Waals surface area (Å²) in [6.45, 7) is 3.90. The van der Waals surface area contributed by atoms with Crippen LogP contribution in [0.15, 0.2) is 6.33 Å². The molecule has 5 heteroatoms. The number of methoxy groups -OCH3 is 1. The Bertz CT molecular complexity index is 361. The van der Waals surface area contributed by atoms with E-state index in [9.17, 15) is 0 Å². The number of anilines is 2. The summed E-state index contributed by atoms with van der Waals surface area (Å²) in [5.74, 6) is 1.53. The van der Waals surface area contributed by atoms with Crippen LogP contribution < -0.4 is 10.6 Å². The molecule has 2 rings (SSSR count). The Morgan fingerprint density at radius 2 is 2.06 bits per heavy atom. The highest BCUT2D eigenvalue weighted by atomic mass is 16.5. The Morgan fingerprint density at radius 1 is 1.38 bits per heavy atom. The summed E-state index contributed by atoms with van der Waals surface area (Å²) < 4.78 is 5.35. The lowest BCUT2D eigenvalue weighted by atomic mass is 10.1. The van der Waals surface area contributed by atoms with Gasteiger partial charge in [0.1, 0.15) is 18.0 Å². The van der Waals surface area contributed by atoms with Crippen molar-refractivity contribution in [2.24, 2.45) is 0 Å². The van der Waals surface area contributed by atoms with Crippen molar-refractivity contribution in [1.29, 1.82) is 0 Å². The van der Waals surface area contributed by atoms with Crippen LogP contribution in [-0.2, 0) is 4.74 Å². The first-order chi connectivity index (χ1) is 7.72. The molecule has 1 saturated heterocycles. The number of ether oxygens (including phenoxy) is 1. The number of nitrogens with two attached hydrogens (primary N) is 1. The van der Waals surface area contributed by atoms with Crippen molar-refractivity contribution in [3.8, 4) is 0 Å². The molecule has 2 N–H and O–H groups in total. The molecule has 0 bridgehead atoms. The second-order valence-electron chi connectivity index (χ2n) is 4.13. The van der Waals surface area contributed by atoms with E-state index in [4.69, 9.17) is 10.5 Å². The molecule has 1 aromatic heterocycles. The zero-order valence-corrected chi connectivity index (χ0v) is 9.81. The van der Waals surface area contributed by atoms with Crippen LogP contribution in [0.2, 0.25) is 0 Å². The van der Waals surface area contributed by atoms with E-state index < -0.39 is 0 Å². The molecular formula is C11H18N4O. The topological polar surface area (TPSA) is 64.3 Å². The number of piperidine rings is 1. The van der Waals surface area contributed by atoms with Gasteiger partial charge < -0.3 is 15.4 Å². The number of hydrogen-bond donors (Lipinski definition) is 1. The summed E-state index contributed by atoms with van der Waals surface area (Å²) in [4.78, 5) is 10.5. The summed E-state index contributed by atoms with van der Waals surface area (Å²) in [7, 11) is 1.77. The highest BCUT2D eigenvalue weighted by Gasteiger charge is 2.21. The lowest BCUT2D eigenvalue weighted by Crippen LogP contribution is -2.37. The molecule has 0 saturated carbocycles. The Balaban J connectivity index is 2.11. The van der Waals surface area contributed by atoms with Crippen LogP contribution in [0.3, 0.4) is 0 Å². The Kier molecular flexibility index (Phi) is 3.24. The lowest BCUT2D eigenvalue weighted by molar-refractivity contribution is 0.0818. The Labute approximate surface area is 95.6 Å². The van der Waals surface area contributed by atoms with Gasteiger partial charge in [-0.05, 0) is 19.8 Å². The van der Waals surface area contributed by atoms with Crippen LogP contribution in [0, 0.1) is 6.92 Å². The van der Waals surface area contributed by atoms with Gasteiger partial charge in [0.15, 0.2) is 0 Å². The molecule has 5 nitrogen and oxygen atoms in total. The molecule has 1 fully saturated rings. The van der Waals surface area contributed by atoms with Crippen molar-refractivity contribution in [1.82, 2.24) is 9.97 Å². The fourth-order valence-electron chi connectivity index (χ4n) is 2.08. The number of nitrogens with zero attached hydrogens (tertiary/aromatic N) is 3. The van der Waals surface area contributed by atoms with Crippen LogP contribution in [0.1, 0.15) is 18.4 Å². The first-order valence-electron chi connectivity index (χ1n) is 5.57. The maximum Gasteiger partial charge on any atom is 0.137 e. The first-order valence-corrected chi connectivity index (χ1v) is 5.57. The molecule has 0 amide bonds. The van der Waals surface area contributed by atoms with E-state index in [-0.39, 0.29) is 0 Å². The number of hydrogen-bond acceptors (Lipinski definition) is 5. The van der Waals surface area contributed by atoms with Gasteiger partial charge in [0.05, 0.1) is 6.10 Å². The third-order valence-corrected chi connectivity index (χ3v) is 3.17. The van der Waals surface area contributed by atoms with Gasteiger partial charge in [-0.25, -0.2) is 9.97 Å². The normalized spacial score (nSPS) is 17.8. The molecule has 88 valence electrons. The average Bonchev–Trinajstić information content (AvgIpc) is 2.33. The van der Waals surface area contributed by atoms with Crippen LogP contribution in [0.5, 0.6) is 0 Å². The number of nitrogen functional groups attached to an aromatic ring is 1. The van der Waals surface area contributed by atoms with Gasteiger partial charge in [-0.1, -0.05) is 0 Å². The SMILES string of the molecule is COC1CCN(c2ncnc(N)c2C)CC1. The maximum absolute atomic E-state index is 5.78. The number of aromatic nitrogens is 2. The molecule has 0 spiro atoms. The van der Waals surface area contributed by atoms with Crippen molar-refractivity contribution in [2.75, 3.05) is 30.8 Å². The molecule has 0 atom stereocenters. The third kappa shape index (κ3) is 2.09. The second-order valence-corrected chi connectivity index (χ2v) is 4.13. The van der Waals surface area contributed by atoms with E-state index >= 15 is 0 Å². The van der Waals surface area contributed by atoms with Crippen molar-refractivity contribution < 1.29 is 4.74 Å². The number of rotatable bonds is 2. The molecule has 1 aromatic rings. The second kappa shape index (κ2) is 4.65. The molecule has 0 aliphatic carbocycles. The quantitative estimate of drug-likeness (QED) is 0.808. The summed E-state index contributed by atoms with van der Waals surface area (Å²) in [5.41, 5.74) is 6.75. The minimum absolute atomic E-state index is 0.385. The van der Waals surface area contributed by atoms with Crippen molar-refractivity contribution in [3.05, 3.63) is 11.9 Å². The zero-order chi connectivity index (χ0) is 11.5. The Hall–Kier alpha value is -1.36. The molecular weight excluding hydrogens is 204 g/mol. The molecule has 0 radical (unpaired) electrons. The van der Waals surface area contributed by atoms with Gasteiger partial charge in [-0.2, -0.15) is 0 Å². The largest absolute Gasteiger partial charge is 0.383 e. The van der Waals surface area contributed by atoms with Gasteiger partial charge in [0, 0.05) is 25.8 Å². The predicted octanol–water partition coefficient (Wildman–Crippen LogP) is 0.982. The first kappa shape index (κ1) is 11.1. The minimum atomic E-state index is 0.385. The molecule has 16 heavy (non-hydrogen) atoms. The van der Waals surface area contributed by atoms with Gasteiger partial charge in [-0.15, -0.1) is 0 Å². The van der Waals surface area contributed by atoms with E-state index in [2.05, 4.69) is 14.9 Å². The highest BCUT2D eigenvalue weighted by Crippen LogP contribution is 2.24. The minimum Gasteiger partial charge on any atom is -0.383 e. The molecule has 0 unspecified atom stereocenters. The van der Waals surface area contributed by atoms with E-state index in [0.717, 1.165) is 37.3 Å². The standard InChI is InChI=1S/C11H18N4O/c1-8-10(12)13-7-14-11(8)15-5-3-9(16-2)4-6-15/h7,9H,3-6H2,1-2H3,(H2,12,13,14). The van der Waals surface area contributed by atoms with E-state index in [1.807, 2.05) is 6.92 Å². The van der Waals surface area contributed by atoms with Gasteiger partial charge in [0.25, 0.3) is 0 Å². The van der Waals surface area contributed by atoms with Gasteiger partial charge in [0.2, 0.25) is 0 Å². The molecule has 2 heterocycles. The fraction of sp³-hybridized carbons (Fsp3) is 0.636. The fourth-order valence-corrected chi connectivity index (χ4v) is 2.08. The monoisotopic (exact) mass is 222 g/mol. The van der Waals surface area contributed by atoms with Gasteiger partial charge in [-0.3, -0.25) is 0 Å². The van der Waals surface area contributed by atoms with E-state index in [0.29, 0.717) is 11.9 Å². The van der Waals surface area contributed by atoms with Crippen molar-refractivity contribution in [3.63, 3.8) is 0 Å². The lowest BCUT2D eigenvalue weighted by Gasteiger charge is -2.32. The summed E-state index contributed by atoms with van der Waals surface area (Å²) >= 11 is 0.